The summed E-state index contributed by atoms with van der Waals surface area (Å²) in [6, 6.07) is 15.7. The number of rotatable bonds is 3. The number of fused-ring (bicyclic) bond motifs is 2. The highest BCUT2D eigenvalue weighted by Crippen LogP contribution is 2.19. The fourth-order valence-electron chi connectivity index (χ4n) is 2.46. The minimum Gasteiger partial charge on any atom is -0.508 e. The van der Waals surface area contributed by atoms with Crippen LogP contribution in [-0.2, 0) is 19.1 Å². The molecular weight excluding hydrogens is 504 g/mol. The molecule has 0 aliphatic carbocycles. The number of phenols is 1. The topological polar surface area (TPSA) is 142 Å². The number of methoxy groups -OCH3 is 2. The monoisotopic (exact) mass is 526 g/mol. The van der Waals surface area contributed by atoms with Crippen molar-refractivity contribution in [2.75, 3.05) is 14.2 Å². The van der Waals surface area contributed by atoms with E-state index in [9.17, 15) is 19.2 Å². The van der Waals surface area contributed by atoms with Crippen molar-refractivity contribution < 1.29 is 37.7 Å². The minimum atomic E-state index is -0.630. The van der Waals surface area contributed by atoms with Crippen LogP contribution in [0, 0.1) is 12.3 Å². The molecular formula is C26H22O10S. The average Bonchev–Trinajstić information content (AvgIpc) is 2.88. The lowest BCUT2D eigenvalue weighted by Gasteiger charge is -2.01. The van der Waals surface area contributed by atoms with Gasteiger partial charge in [0.1, 0.15) is 22.7 Å². The standard InChI is InChI=1S/C13H10O5.C9H6O3.C4H4O2.H2S/c1-16-12(14)6-7-17-10-4-2-9-3-5-13(15)18-11(9)8-10;10-7-3-1-6-2-4-9(11)12-8(6)5-7;1-3-4(5)6-2;/h2-8H,1H3;1-5,10H;1H,2H3;1H2/b7-6+;;;. The first-order valence-corrected chi connectivity index (χ1v) is 9.98. The molecule has 0 aliphatic heterocycles. The molecule has 0 aliphatic rings. The molecule has 2 aromatic carbocycles. The van der Waals surface area contributed by atoms with Gasteiger partial charge in [0.25, 0.3) is 0 Å². The fraction of sp³-hybridized carbons (Fsp3) is 0.0769. The Morgan fingerprint density at radius 3 is 1.92 bits per heavy atom. The number of aromatic hydroxyl groups is 1. The van der Waals surface area contributed by atoms with Gasteiger partial charge in [0.05, 0.1) is 26.6 Å². The van der Waals surface area contributed by atoms with Gasteiger partial charge in [0.15, 0.2) is 0 Å². The Morgan fingerprint density at radius 2 is 1.41 bits per heavy atom. The summed E-state index contributed by atoms with van der Waals surface area (Å²) in [6.45, 7) is 0. The van der Waals surface area contributed by atoms with Crippen LogP contribution in [0.2, 0.25) is 0 Å². The quantitative estimate of drug-likeness (QED) is 0.106. The number of terminal acetylenes is 1. The molecule has 0 fully saturated rings. The first kappa shape index (κ1) is 30.1. The smallest absolute Gasteiger partial charge is 0.383 e. The average molecular weight is 527 g/mol. The Labute approximate surface area is 217 Å². The Bertz CT molecular complexity index is 1540. The SMILES string of the molecule is C#CC(=O)OC.COC(=O)/C=C/Oc1ccc2ccc(=O)oc2c1.O=c1ccc2ccc(O)cc2o1.S. The number of esters is 2. The van der Waals surface area contributed by atoms with E-state index in [-0.39, 0.29) is 19.2 Å². The first-order chi connectivity index (χ1) is 17.2. The van der Waals surface area contributed by atoms with E-state index in [1.54, 1.807) is 48.4 Å². The summed E-state index contributed by atoms with van der Waals surface area (Å²) < 4.78 is 23.4. The molecule has 0 unspecified atom stereocenters. The minimum absolute atomic E-state index is 0. The summed E-state index contributed by atoms with van der Waals surface area (Å²) in [5.74, 6) is 1.16. The number of benzene rings is 2. The molecule has 0 bridgehead atoms. The predicted octanol–water partition coefficient (Wildman–Crippen LogP) is 3.26. The second-order valence-corrected chi connectivity index (χ2v) is 6.51. The molecule has 192 valence electrons. The molecule has 37 heavy (non-hydrogen) atoms. The molecule has 10 nitrogen and oxygen atoms in total. The van der Waals surface area contributed by atoms with Crippen LogP contribution in [0.15, 0.2) is 91.4 Å². The molecule has 0 saturated carbocycles. The van der Waals surface area contributed by atoms with Crippen molar-refractivity contribution >= 4 is 47.4 Å². The van der Waals surface area contributed by atoms with E-state index in [1.165, 1.54) is 38.7 Å². The highest BCUT2D eigenvalue weighted by atomic mass is 32.1. The Morgan fingerprint density at radius 1 is 0.865 bits per heavy atom. The molecule has 1 N–H and O–H groups in total. The van der Waals surface area contributed by atoms with Crippen LogP contribution in [0.25, 0.3) is 21.9 Å². The largest absolute Gasteiger partial charge is 0.508 e. The molecule has 0 spiro atoms. The van der Waals surface area contributed by atoms with Crippen molar-refractivity contribution in [3.8, 4) is 23.8 Å². The Kier molecular flexibility index (Phi) is 12.3. The third-order valence-electron chi connectivity index (χ3n) is 4.11. The van der Waals surface area contributed by atoms with Gasteiger partial charge in [-0.2, -0.15) is 13.5 Å². The fourth-order valence-corrected chi connectivity index (χ4v) is 2.46. The third-order valence-corrected chi connectivity index (χ3v) is 4.11. The van der Waals surface area contributed by atoms with E-state index in [1.807, 2.05) is 0 Å². The first-order valence-electron chi connectivity index (χ1n) is 9.98. The van der Waals surface area contributed by atoms with Gasteiger partial charge >= 0.3 is 23.2 Å². The summed E-state index contributed by atoms with van der Waals surface area (Å²) in [5.41, 5.74) is -0.00757. The summed E-state index contributed by atoms with van der Waals surface area (Å²) in [7, 11) is 2.51. The van der Waals surface area contributed by atoms with Crippen molar-refractivity contribution in [1.29, 1.82) is 0 Å². The number of carbonyl (C=O) groups excluding carboxylic acids is 2. The van der Waals surface area contributed by atoms with E-state index in [2.05, 4.69) is 15.9 Å². The number of ether oxygens (including phenoxy) is 3. The van der Waals surface area contributed by atoms with Crippen molar-refractivity contribution in [2.24, 2.45) is 0 Å². The van der Waals surface area contributed by atoms with Gasteiger partial charge in [-0.3, -0.25) is 0 Å². The van der Waals surface area contributed by atoms with E-state index >= 15 is 0 Å². The normalized spacial score (nSPS) is 9.54. The van der Waals surface area contributed by atoms with Crippen molar-refractivity contribution in [2.45, 2.75) is 0 Å². The lowest BCUT2D eigenvalue weighted by Crippen LogP contribution is -1.96. The summed E-state index contributed by atoms with van der Waals surface area (Å²) >= 11 is 0. The summed E-state index contributed by atoms with van der Waals surface area (Å²) in [4.78, 5) is 42.3. The van der Waals surface area contributed by atoms with Gasteiger partial charge in [-0.1, -0.05) is 0 Å². The second-order valence-electron chi connectivity index (χ2n) is 6.51. The van der Waals surface area contributed by atoms with Gasteiger partial charge in [-0.05, 0) is 36.4 Å². The van der Waals surface area contributed by atoms with E-state index in [4.69, 9.17) is 18.7 Å². The number of carbonyl (C=O) groups is 2. The van der Waals surface area contributed by atoms with Crippen LogP contribution >= 0.6 is 13.5 Å². The van der Waals surface area contributed by atoms with E-state index in [0.717, 1.165) is 16.8 Å². The maximum absolute atomic E-state index is 11.1. The molecule has 11 heteroatoms. The Hall–Kier alpha value is -4.95. The lowest BCUT2D eigenvalue weighted by molar-refractivity contribution is -0.135. The Balaban J connectivity index is 0.000000311. The number of hydrogen-bond acceptors (Lipinski definition) is 10. The van der Waals surface area contributed by atoms with Crippen molar-refractivity contribution in [3.63, 3.8) is 0 Å². The van der Waals surface area contributed by atoms with Gasteiger partial charge in [-0.25, -0.2) is 19.2 Å². The van der Waals surface area contributed by atoms with E-state index in [0.29, 0.717) is 16.9 Å². The third kappa shape index (κ3) is 10.1. The molecule has 4 aromatic rings. The van der Waals surface area contributed by atoms with Crippen LogP contribution in [0.1, 0.15) is 0 Å². The van der Waals surface area contributed by atoms with Crippen LogP contribution < -0.4 is 16.0 Å². The van der Waals surface area contributed by atoms with E-state index < -0.39 is 23.2 Å². The predicted molar refractivity (Wildman–Crippen MR) is 140 cm³/mol. The zero-order chi connectivity index (χ0) is 26.5. The van der Waals surface area contributed by atoms with Gasteiger partial charge in [0.2, 0.25) is 0 Å². The molecule has 0 atom stereocenters. The van der Waals surface area contributed by atoms with Gasteiger partial charge in [-0.15, -0.1) is 6.42 Å². The van der Waals surface area contributed by atoms with Crippen molar-refractivity contribution in [1.82, 2.24) is 0 Å². The van der Waals surface area contributed by atoms with Crippen LogP contribution in [-0.4, -0.2) is 31.3 Å². The molecule has 4 rings (SSSR count). The molecule has 0 amide bonds. The number of phenolic OH excluding ortho intramolecular Hbond substituents is 1. The maximum atomic E-state index is 11.1. The zero-order valence-corrected chi connectivity index (χ0v) is 20.6. The zero-order valence-electron chi connectivity index (χ0n) is 19.6. The lowest BCUT2D eigenvalue weighted by atomic mass is 10.2. The maximum Gasteiger partial charge on any atom is 0.383 e. The van der Waals surface area contributed by atoms with Gasteiger partial charge < -0.3 is 28.2 Å². The van der Waals surface area contributed by atoms with Crippen molar-refractivity contribution in [3.05, 3.63) is 93.8 Å². The highest BCUT2D eigenvalue weighted by molar-refractivity contribution is 7.59. The van der Waals surface area contributed by atoms with Crippen LogP contribution in [0.3, 0.4) is 0 Å². The summed E-state index contributed by atoms with van der Waals surface area (Å²) in [5, 5.41) is 10.6. The highest BCUT2D eigenvalue weighted by Gasteiger charge is 2.00. The summed E-state index contributed by atoms with van der Waals surface area (Å²) in [6.07, 6.45) is 6.90. The molecule has 2 heterocycles. The van der Waals surface area contributed by atoms with Gasteiger partial charge in [0, 0.05) is 41.0 Å². The molecule has 0 radical (unpaired) electrons. The molecule has 2 aromatic heterocycles. The second kappa shape index (κ2) is 15.1. The van der Waals surface area contributed by atoms with Crippen LogP contribution in [0.5, 0.6) is 11.5 Å². The molecule has 0 saturated heterocycles. The van der Waals surface area contributed by atoms with Crippen LogP contribution in [0.4, 0.5) is 0 Å². The number of hydrogen-bond donors (Lipinski definition) is 1.